The summed E-state index contributed by atoms with van der Waals surface area (Å²) < 4.78 is 0. The van der Waals surface area contributed by atoms with Crippen LogP contribution in [0.15, 0.2) is 71.0 Å². The highest BCUT2D eigenvalue weighted by Crippen LogP contribution is 2.19. The first-order valence-corrected chi connectivity index (χ1v) is 10.3. The van der Waals surface area contributed by atoms with Gasteiger partial charge >= 0.3 is 0 Å². The Labute approximate surface area is 170 Å². The van der Waals surface area contributed by atoms with Gasteiger partial charge in [-0.25, -0.2) is 4.99 Å². The number of carbonyl (C=O) groups excluding carboxylic acids is 1. The van der Waals surface area contributed by atoms with E-state index >= 15 is 0 Å². The lowest BCUT2D eigenvalue weighted by molar-refractivity contribution is 0.0953. The van der Waals surface area contributed by atoms with E-state index in [2.05, 4.69) is 24.2 Å². The first-order valence-electron chi connectivity index (χ1n) is 9.38. The van der Waals surface area contributed by atoms with Crippen LogP contribution in [0.3, 0.4) is 0 Å². The van der Waals surface area contributed by atoms with E-state index in [1.165, 1.54) is 0 Å². The van der Waals surface area contributed by atoms with Crippen LogP contribution in [0, 0.1) is 0 Å². The third kappa shape index (κ3) is 5.08. The van der Waals surface area contributed by atoms with Gasteiger partial charge in [0.05, 0.1) is 10.6 Å². The molecule has 0 aliphatic carbocycles. The van der Waals surface area contributed by atoms with Crippen molar-refractivity contribution in [2.24, 2.45) is 10.7 Å². The summed E-state index contributed by atoms with van der Waals surface area (Å²) in [6.45, 7) is 4.79. The van der Waals surface area contributed by atoms with Crippen molar-refractivity contribution in [2.75, 3.05) is 6.54 Å². The van der Waals surface area contributed by atoms with Crippen LogP contribution in [0.2, 0.25) is 0 Å². The molecule has 3 N–H and O–H groups in total. The van der Waals surface area contributed by atoms with Crippen LogP contribution < -0.4 is 11.1 Å². The lowest BCUT2D eigenvalue weighted by Gasteiger charge is -2.12. The fraction of sp³-hybridized carbons (Fsp3) is 0.217. The maximum absolute atomic E-state index is 12.5. The first kappa shape index (κ1) is 19.8. The third-order valence-electron chi connectivity index (χ3n) is 4.49. The molecule has 0 saturated heterocycles. The predicted molar refractivity (Wildman–Crippen MR) is 118 cm³/mol. The highest BCUT2D eigenvalue weighted by molar-refractivity contribution is 7.12. The van der Waals surface area contributed by atoms with Crippen LogP contribution in [0.1, 0.15) is 46.1 Å². The summed E-state index contributed by atoms with van der Waals surface area (Å²) in [7, 11) is 0. The van der Waals surface area contributed by atoms with Gasteiger partial charge in [-0.1, -0.05) is 50.2 Å². The Morgan fingerprint density at radius 3 is 2.50 bits per heavy atom. The molecule has 3 rings (SSSR count). The summed E-state index contributed by atoms with van der Waals surface area (Å²) in [6, 6.07) is 19.6. The average molecular weight is 392 g/mol. The highest BCUT2D eigenvalue weighted by atomic mass is 32.1. The summed E-state index contributed by atoms with van der Waals surface area (Å²) in [6.07, 6.45) is 0.764. The zero-order valence-electron chi connectivity index (χ0n) is 16.2. The molecule has 4 nitrogen and oxygen atoms in total. The van der Waals surface area contributed by atoms with Crippen molar-refractivity contribution < 1.29 is 4.79 Å². The van der Waals surface area contributed by atoms with Gasteiger partial charge in [0.1, 0.15) is 5.84 Å². The number of nitrogens with one attached hydrogen (secondary N) is 1. The topological polar surface area (TPSA) is 67.5 Å². The molecular weight excluding hydrogens is 366 g/mol. The van der Waals surface area contributed by atoms with Gasteiger partial charge < -0.3 is 11.1 Å². The van der Waals surface area contributed by atoms with E-state index in [1.54, 1.807) is 11.3 Å². The molecule has 2 aromatic carbocycles. The van der Waals surface area contributed by atoms with E-state index in [-0.39, 0.29) is 5.91 Å². The predicted octanol–water partition coefficient (Wildman–Crippen LogP) is 4.88. The van der Waals surface area contributed by atoms with E-state index in [4.69, 9.17) is 5.73 Å². The van der Waals surface area contributed by atoms with Gasteiger partial charge in [-0.2, -0.15) is 0 Å². The number of benzene rings is 2. The van der Waals surface area contributed by atoms with E-state index in [0.29, 0.717) is 18.3 Å². The number of amidine groups is 1. The molecule has 0 atom stereocenters. The SMILES string of the molecule is CC(C)c1ccccc1C(=O)NCCc1ccc(N=C(N)c2cccs2)cc1. The van der Waals surface area contributed by atoms with E-state index in [1.807, 2.05) is 66.0 Å². The largest absolute Gasteiger partial charge is 0.383 e. The zero-order valence-corrected chi connectivity index (χ0v) is 17.0. The molecule has 0 radical (unpaired) electrons. The molecule has 0 saturated carbocycles. The lowest BCUT2D eigenvalue weighted by Crippen LogP contribution is -2.26. The van der Waals surface area contributed by atoms with Crippen molar-refractivity contribution in [3.8, 4) is 0 Å². The Morgan fingerprint density at radius 1 is 1.07 bits per heavy atom. The summed E-state index contributed by atoms with van der Waals surface area (Å²) >= 11 is 1.57. The molecule has 0 fully saturated rings. The van der Waals surface area contributed by atoms with Crippen LogP contribution >= 0.6 is 11.3 Å². The fourth-order valence-corrected chi connectivity index (χ4v) is 3.61. The summed E-state index contributed by atoms with van der Waals surface area (Å²) in [5, 5.41) is 5.00. The normalized spacial score (nSPS) is 11.6. The van der Waals surface area contributed by atoms with Gasteiger partial charge in [-0.15, -0.1) is 11.3 Å². The molecule has 1 amide bonds. The standard InChI is InChI=1S/C23H25N3OS/c1-16(2)19-6-3-4-7-20(19)23(27)25-14-13-17-9-11-18(12-10-17)26-22(24)21-8-5-15-28-21/h3-12,15-16H,13-14H2,1-2H3,(H2,24,26)(H,25,27). The van der Waals surface area contributed by atoms with Gasteiger partial charge in [-0.3, -0.25) is 4.79 Å². The second-order valence-electron chi connectivity index (χ2n) is 6.89. The van der Waals surface area contributed by atoms with Gasteiger partial charge in [0.15, 0.2) is 0 Å². The zero-order chi connectivity index (χ0) is 19.9. The number of carbonyl (C=O) groups is 1. The van der Waals surface area contributed by atoms with Crippen molar-refractivity contribution in [3.05, 3.63) is 87.6 Å². The number of amides is 1. The Hall–Kier alpha value is -2.92. The minimum Gasteiger partial charge on any atom is -0.383 e. The van der Waals surface area contributed by atoms with E-state index in [9.17, 15) is 4.79 Å². The van der Waals surface area contributed by atoms with Crippen LogP contribution in [0.25, 0.3) is 0 Å². The van der Waals surface area contributed by atoms with Crippen molar-refractivity contribution in [1.82, 2.24) is 5.32 Å². The quantitative estimate of drug-likeness (QED) is 0.445. The van der Waals surface area contributed by atoms with Crippen molar-refractivity contribution >= 4 is 28.8 Å². The first-order chi connectivity index (χ1) is 13.5. The molecule has 0 aliphatic rings. The summed E-state index contributed by atoms with van der Waals surface area (Å²) in [5.74, 6) is 0.824. The Balaban J connectivity index is 1.56. The second-order valence-corrected chi connectivity index (χ2v) is 7.84. The van der Waals surface area contributed by atoms with Gasteiger partial charge in [0.2, 0.25) is 0 Å². The maximum atomic E-state index is 12.5. The Bertz CT molecular complexity index is 944. The average Bonchev–Trinajstić information content (AvgIpc) is 3.24. The molecular formula is C23H25N3OS. The number of rotatable bonds is 7. The fourth-order valence-electron chi connectivity index (χ4n) is 2.98. The number of nitrogens with two attached hydrogens (primary N) is 1. The van der Waals surface area contributed by atoms with Crippen LogP contribution in [-0.2, 0) is 6.42 Å². The second kappa shape index (κ2) is 9.33. The van der Waals surface area contributed by atoms with Gasteiger partial charge in [-0.05, 0) is 53.1 Å². The molecule has 1 heterocycles. The molecule has 0 spiro atoms. The molecule has 0 bridgehead atoms. The van der Waals surface area contributed by atoms with Crippen molar-refractivity contribution in [3.63, 3.8) is 0 Å². The Kier molecular flexibility index (Phi) is 6.61. The van der Waals surface area contributed by atoms with Gasteiger partial charge in [0.25, 0.3) is 5.91 Å². The molecule has 1 aromatic heterocycles. The van der Waals surface area contributed by atoms with Crippen molar-refractivity contribution in [1.29, 1.82) is 0 Å². The summed E-state index contributed by atoms with van der Waals surface area (Å²) in [4.78, 5) is 17.9. The molecule has 5 heteroatoms. The van der Waals surface area contributed by atoms with Crippen LogP contribution in [0.5, 0.6) is 0 Å². The molecule has 0 unspecified atom stereocenters. The highest BCUT2D eigenvalue weighted by Gasteiger charge is 2.12. The van der Waals surface area contributed by atoms with Crippen LogP contribution in [-0.4, -0.2) is 18.3 Å². The lowest BCUT2D eigenvalue weighted by atomic mass is 9.97. The van der Waals surface area contributed by atoms with Gasteiger partial charge in [0, 0.05) is 12.1 Å². The monoisotopic (exact) mass is 391 g/mol. The summed E-state index contributed by atoms with van der Waals surface area (Å²) in [5.41, 5.74) is 9.82. The van der Waals surface area contributed by atoms with E-state index in [0.717, 1.165) is 33.7 Å². The van der Waals surface area contributed by atoms with E-state index < -0.39 is 0 Å². The molecule has 3 aromatic rings. The maximum Gasteiger partial charge on any atom is 0.251 e. The smallest absolute Gasteiger partial charge is 0.251 e. The number of aliphatic imine (C=N–C) groups is 1. The Morgan fingerprint density at radius 2 is 1.82 bits per heavy atom. The molecule has 28 heavy (non-hydrogen) atoms. The van der Waals surface area contributed by atoms with Crippen LogP contribution in [0.4, 0.5) is 5.69 Å². The minimum atomic E-state index is -0.0192. The number of thiophene rings is 1. The molecule has 0 aliphatic heterocycles. The molecule has 144 valence electrons. The minimum absolute atomic E-state index is 0.0192. The van der Waals surface area contributed by atoms with Crippen molar-refractivity contribution in [2.45, 2.75) is 26.2 Å². The number of nitrogens with zero attached hydrogens (tertiary/aromatic N) is 1. The third-order valence-corrected chi connectivity index (χ3v) is 5.38. The number of hydrogen-bond donors (Lipinski definition) is 2. The number of hydrogen-bond acceptors (Lipinski definition) is 3.